The maximum absolute atomic E-state index is 10.8. The molecule has 17 heavy (non-hydrogen) atoms. The molecule has 1 aromatic rings. The summed E-state index contributed by atoms with van der Waals surface area (Å²) in [6, 6.07) is 5.56. The lowest BCUT2D eigenvalue weighted by Crippen LogP contribution is -2.29. The number of aliphatic hydroxyl groups is 2. The second-order valence-corrected chi connectivity index (χ2v) is 4.82. The Morgan fingerprint density at radius 3 is 1.82 bits per heavy atom. The van der Waals surface area contributed by atoms with Gasteiger partial charge < -0.3 is 15.1 Å². The number of anilines is 1. The summed E-state index contributed by atoms with van der Waals surface area (Å²) in [5.74, 6) is 0. The summed E-state index contributed by atoms with van der Waals surface area (Å²) >= 11 is 0. The van der Waals surface area contributed by atoms with Crippen LogP contribution in [0.25, 0.3) is 0 Å². The molecule has 6 nitrogen and oxygen atoms in total. The average molecular weight is 261 g/mol. The molecule has 7 heteroatoms. The third kappa shape index (κ3) is 3.97. The van der Waals surface area contributed by atoms with Gasteiger partial charge in [-0.1, -0.05) is 0 Å². The molecule has 0 amide bonds. The van der Waals surface area contributed by atoms with E-state index in [2.05, 4.69) is 0 Å². The molecule has 0 aliphatic carbocycles. The summed E-state index contributed by atoms with van der Waals surface area (Å²) in [7, 11) is -4.19. The minimum Gasteiger partial charge on any atom is -0.395 e. The van der Waals surface area contributed by atoms with Crippen LogP contribution in [-0.4, -0.2) is 49.5 Å². The second-order valence-electron chi connectivity index (χ2n) is 3.40. The van der Waals surface area contributed by atoms with Crippen molar-refractivity contribution in [2.45, 2.75) is 4.90 Å². The molecule has 96 valence electrons. The molecular weight excluding hydrogens is 246 g/mol. The van der Waals surface area contributed by atoms with E-state index in [0.717, 1.165) is 0 Å². The molecule has 0 aromatic heterocycles. The monoisotopic (exact) mass is 261 g/mol. The van der Waals surface area contributed by atoms with Gasteiger partial charge >= 0.3 is 0 Å². The highest BCUT2D eigenvalue weighted by Gasteiger charge is 2.10. The van der Waals surface area contributed by atoms with Crippen LogP contribution in [0.1, 0.15) is 0 Å². The van der Waals surface area contributed by atoms with Crippen molar-refractivity contribution in [1.29, 1.82) is 0 Å². The third-order valence-corrected chi connectivity index (χ3v) is 3.11. The summed E-state index contributed by atoms with van der Waals surface area (Å²) < 4.78 is 30.5. The van der Waals surface area contributed by atoms with Crippen LogP contribution in [0, 0.1) is 0 Å². The quantitative estimate of drug-likeness (QED) is 0.609. The first-order valence-corrected chi connectivity index (χ1v) is 6.47. The predicted molar refractivity (Wildman–Crippen MR) is 62.6 cm³/mol. The molecule has 3 N–H and O–H groups in total. The van der Waals surface area contributed by atoms with E-state index in [1.807, 2.05) is 0 Å². The maximum atomic E-state index is 10.8. The van der Waals surface area contributed by atoms with E-state index in [0.29, 0.717) is 18.8 Å². The van der Waals surface area contributed by atoms with Crippen molar-refractivity contribution in [1.82, 2.24) is 0 Å². The number of hydrogen-bond donors (Lipinski definition) is 3. The van der Waals surface area contributed by atoms with Gasteiger partial charge in [0.1, 0.15) is 0 Å². The Labute approximate surface area is 99.9 Å². The number of nitrogens with zero attached hydrogens (tertiary/aromatic N) is 1. The SMILES string of the molecule is O=S(=O)(O)c1ccc(N(CCO)CCO)cc1. The molecular formula is C10H15NO5S. The molecule has 0 unspecified atom stereocenters. The fraction of sp³-hybridized carbons (Fsp3) is 0.400. The highest BCUT2D eigenvalue weighted by atomic mass is 32.2. The number of hydrogen-bond acceptors (Lipinski definition) is 5. The first-order chi connectivity index (χ1) is 7.99. The highest BCUT2D eigenvalue weighted by molar-refractivity contribution is 7.85. The first-order valence-electron chi connectivity index (χ1n) is 5.03. The van der Waals surface area contributed by atoms with Crippen LogP contribution >= 0.6 is 0 Å². The van der Waals surface area contributed by atoms with E-state index < -0.39 is 10.1 Å². The normalized spacial score (nSPS) is 11.5. The molecule has 0 bridgehead atoms. The second kappa shape index (κ2) is 5.97. The lowest BCUT2D eigenvalue weighted by molar-refractivity contribution is 0.281. The van der Waals surface area contributed by atoms with E-state index in [9.17, 15) is 8.42 Å². The van der Waals surface area contributed by atoms with Crippen LogP contribution in [0.15, 0.2) is 29.2 Å². The van der Waals surface area contributed by atoms with Gasteiger partial charge in [0, 0.05) is 18.8 Å². The lowest BCUT2D eigenvalue weighted by atomic mass is 10.3. The summed E-state index contributed by atoms with van der Waals surface area (Å²) in [6.07, 6.45) is 0. The standard InChI is InChI=1S/C10H15NO5S/c12-7-5-11(6-8-13)9-1-3-10(4-2-9)17(14,15)16/h1-4,12-13H,5-8H2,(H,14,15,16). The Bertz CT molecular complexity index is 436. The number of rotatable bonds is 6. The van der Waals surface area contributed by atoms with Crippen LogP contribution in [0.3, 0.4) is 0 Å². The van der Waals surface area contributed by atoms with Crippen LogP contribution in [0.4, 0.5) is 5.69 Å². The van der Waals surface area contributed by atoms with Crippen molar-refractivity contribution < 1.29 is 23.2 Å². The van der Waals surface area contributed by atoms with Gasteiger partial charge in [0.05, 0.1) is 18.1 Å². The van der Waals surface area contributed by atoms with E-state index in [1.165, 1.54) is 24.3 Å². The van der Waals surface area contributed by atoms with Crippen LogP contribution in [-0.2, 0) is 10.1 Å². The van der Waals surface area contributed by atoms with Crippen LogP contribution in [0.2, 0.25) is 0 Å². The van der Waals surface area contributed by atoms with Crippen molar-refractivity contribution in [2.75, 3.05) is 31.2 Å². The molecule has 0 saturated heterocycles. The summed E-state index contributed by atoms with van der Waals surface area (Å²) in [6.45, 7) is 0.539. The fourth-order valence-electron chi connectivity index (χ4n) is 1.44. The van der Waals surface area contributed by atoms with Gasteiger partial charge in [-0.15, -0.1) is 0 Å². The third-order valence-electron chi connectivity index (χ3n) is 2.24. The van der Waals surface area contributed by atoms with E-state index in [1.54, 1.807) is 4.90 Å². The van der Waals surface area contributed by atoms with E-state index >= 15 is 0 Å². The number of benzene rings is 1. The molecule has 0 atom stereocenters. The zero-order valence-electron chi connectivity index (χ0n) is 9.15. The first kappa shape index (κ1) is 13.9. The van der Waals surface area contributed by atoms with Gasteiger partial charge in [-0.2, -0.15) is 8.42 Å². The van der Waals surface area contributed by atoms with E-state index in [4.69, 9.17) is 14.8 Å². The van der Waals surface area contributed by atoms with Crippen molar-refractivity contribution in [3.05, 3.63) is 24.3 Å². The van der Waals surface area contributed by atoms with Crippen LogP contribution < -0.4 is 4.90 Å². The zero-order chi connectivity index (χ0) is 12.9. The average Bonchev–Trinajstić information content (AvgIpc) is 2.28. The molecule has 1 aromatic carbocycles. The van der Waals surface area contributed by atoms with Gasteiger partial charge in [-0.3, -0.25) is 4.55 Å². The molecule has 0 heterocycles. The van der Waals surface area contributed by atoms with Gasteiger partial charge in [0.25, 0.3) is 10.1 Å². The van der Waals surface area contributed by atoms with Gasteiger partial charge in [0.15, 0.2) is 0 Å². The topological polar surface area (TPSA) is 98.1 Å². The molecule has 0 spiro atoms. The zero-order valence-corrected chi connectivity index (χ0v) is 9.97. The molecule has 0 aliphatic heterocycles. The van der Waals surface area contributed by atoms with Crippen molar-refractivity contribution in [3.63, 3.8) is 0 Å². The smallest absolute Gasteiger partial charge is 0.294 e. The molecule has 0 saturated carbocycles. The Kier molecular flexibility index (Phi) is 4.88. The molecule has 0 fully saturated rings. The molecule has 1 rings (SSSR count). The largest absolute Gasteiger partial charge is 0.395 e. The minimum atomic E-state index is -4.19. The fourth-order valence-corrected chi connectivity index (χ4v) is 1.92. The van der Waals surface area contributed by atoms with Gasteiger partial charge in [-0.05, 0) is 24.3 Å². The Morgan fingerprint density at radius 2 is 1.47 bits per heavy atom. The Balaban J connectivity index is 2.91. The van der Waals surface area contributed by atoms with Gasteiger partial charge in [0.2, 0.25) is 0 Å². The Morgan fingerprint density at radius 1 is 1.00 bits per heavy atom. The molecule has 0 radical (unpaired) electrons. The predicted octanol–water partition coefficient (Wildman–Crippen LogP) is -0.276. The summed E-state index contributed by atoms with van der Waals surface area (Å²) in [5.41, 5.74) is 0.667. The van der Waals surface area contributed by atoms with Crippen molar-refractivity contribution in [3.8, 4) is 0 Å². The number of aliphatic hydroxyl groups excluding tert-OH is 2. The van der Waals surface area contributed by atoms with Gasteiger partial charge in [-0.25, -0.2) is 0 Å². The minimum absolute atomic E-state index is 0.0694. The lowest BCUT2D eigenvalue weighted by Gasteiger charge is -2.22. The summed E-state index contributed by atoms with van der Waals surface area (Å²) in [5, 5.41) is 17.7. The Hall–Kier alpha value is -1.15. The summed E-state index contributed by atoms with van der Waals surface area (Å²) in [4.78, 5) is 1.52. The van der Waals surface area contributed by atoms with Crippen LogP contribution in [0.5, 0.6) is 0 Å². The van der Waals surface area contributed by atoms with Crippen molar-refractivity contribution in [2.24, 2.45) is 0 Å². The molecule has 0 aliphatic rings. The highest BCUT2D eigenvalue weighted by Crippen LogP contribution is 2.17. The maximum Gasteiger partial charge on any atom is 0.294 e. The van der Waals surface area contributed by atoms with Crippen molar-refractivity contribution >= 4 is 15.8 Å². The van der Waals surface area contributed by atoms with E-state index in [-0.39, 0.29) is 18.1 Å².